The van der Waals surface area contributed by atoms with Crippen LogP contribution in [0.1, 0.15) is 61.3 Å². The number of carbonyl (C=O) groups excluding carboxylic acids is 3. The molecule has 0 spiro atoms. The lowest BCUT2D eigenvalue weighted by molar-refractivity contribution is -0.131. The molecular formula is C25H30N8O3. The van der Waals surface area contributed by atoms with Crippen LogP contribution in [0.15, 0.2) is 36.7 Å². The minimum Gasteiger partial charge on any atom is -0.352 e. The number of tetrazole rings is 1. The van der Waals surface area contributed by atoms with Crippen LogP contribution in [0.5, 0.6) is 0 Å². The van der Waals surface area contributed by atoms with Gasteiger partial charge in [0.2, 0.25) is 11.8 Å². The Balaban J connectivity index is 1.35. The smallest absolute Gasteiger partial charge is 0.229 e. The summed E-state index contributed by atoms with van der Waals surface area (Å²) in [6.45, 7) is 4.53. The molecule has 3 aromatic rings. The second kappa shape index (κ2) is 10.00. The number of Topliss-reactive ketones (excluding diaryl/α,β-unsaturated/α-hetero) is 1. The average molecular weight is 491 g/mol. The summed E-state index contributed by atoms with van der Waals surface area (Å²) < 4.78 is 2.01. The van der Waals surface area contributed by atoms with Gasteiger partial charge in [-0.25, -0.2) is 0 Å². The quantitative estimate of drug-likeness (QED) is 0.452. The maximum Gasteiger partial charge on any atom is 0.229 e. The lowest BCUT2D eigenvalue weighted by atomic mass is 9.79. The van der Waals surface area contributed by atoms with Gasteiger partial charge in [-0.2, -0.15) is 5.21 Å². The van der Waals surface area contributed by atoms with E-state index in [4.69, 9.17) is 0 Å². The number of rotatable bonds is 7. The first kappa shape index (κ1) is 23.8. The van der Waals surface area contributed by atoms with Crippen LogP contribution in [0.25, 0.3) is 0 Å². The van der Waals surface area contributed by atoms with Crippen molar-refractivity contribution in [3.8, 4) is 0 Å². The Morgan fingerprint density at radius 1 is 1.25 bits per heavy atom. The van der Waals surface area contributed by atoms with Gasteiger partial charge in [0.05, 0.1) is 30.0 Å². The first-order valence-corrected chi connectivity index (χ1v) is 12.3. The SMILES string of the molecule is CC(C)[C@@H](C(=O)N[C@H]1CCc2ccn3c2C1C(=O)C[C@H](C(=O)NCc1nn[nH]n1)C3)c1ccccn1. The highest BCUT2D eigenvalue weighted by Crippen LogP contribution is 2.38. The number of aryl methyl sites for hydroxylation is 1. The molecule has 11 nitrogen and oxygen atoms in total. The topological polar surface area (TPSA) is 148 Å². The molecule has 0 saturated heterocycles. The van der Waals surface area contributed by atoms with Crippen LogP contribution in [0, 0.1) is 11.8 Å². The zero-order valence-corrected chi connectivity index (χ0v) is 20.3. The predicted octanol–water partition coefficient (Wildman–Crippen LogP) is 1.26. The summed E-state index contributed by atoms with van der Waals surface area (Å²) in [5.74, 6) is -1.40. The van der Waals surface area contributed by atoms with Crippen molar-refractivity contribution in [1.29, 1.82) is 0 Å². The first-order chi connectivity index (χ1) is 17.4. The van der Waals surface area contributed by atoms with E-state index in [1.54, 1.807) is 6.20 Å². The fraction of sp³-hybridized carbons (Fsp3) is 0.480. The van der Waals surface area contributed by atoms with Gasteiger partial charge in [0, 0.05) is 37.1 Å². The molecule has 3 N–H and O–H groups in total. The Labute approximate surface area is 208 Å². The number of H-pyrrole nitrogens is 1. The number of nitrogens with zero attached hydrogens (tertiary/aromatic N) is 5. The molecule has 4 atom stereocenters. The molecule has 0 radical (unpaired) electrons. The molecule has 11 heteroatoms. The molecule has 1 aliphatic heterocycles. The molecular weight excluding hydrogens is 460 g/mol. The van der Waals surface area contributed by atoms with Crippen molar-refractivity contribution in [2.45, 2.75) is 64.1 Å². The van der Waals surface area contributed by atoms with Gasteiger partial charge in [-0.05, 0) is 42.5 Å². The van der Waals surface area contributed by atoms with E-state index in [0.29, 0.717) is 18.8 Å². The minimum absolute atomic E-state index is 0.0302. The average Bonchev–Trinajstić information content (AvgIpc) is 3.49. The Hall–Kier alpha value is -3.89. The second-order valence-electron chi connectivity index (χ2n) is 9.90. The number of amides is 2. The maximum absolute atomic E-state index is 13.6. The Morgan fingerprint density at radius 2 is 2.11 bits per heavy atom. The molecule has 2 aliphatic rings. The van der Waals surface area contributed by atoms with Gasteiger partial charge in [0.25, 0.3) is 0 Å². The summed E-state index contributed by atoms with van der Waals surface area (Å²) in [7, 11) is 0. The van der Waals surface area contributed by atoms with Gasteiger partial charge in [-0.3, -0.25) is 19.4 Å². The Bertz CT molecular complexity index is 1240. The summed E-state index contributed by atoms with van der Waals surface area (Å²) in [5.41, 5.74) is 2.75. The third-order valence-corrected chi connectivity index (χ3v) is 7.19. The van der Waals surface area contributed by atoms with Crippen molar-refractivity contribution < 1.29 is 14.4 Å². The van der Waals surface area contributed by atoms with Crippen molar-refractivity contribution in [3.05, 3.63) is 59.4 Å². The molecule has 1 unspecified atom stereocenters. The van der Waals surface area contributed by atoms with Crippen LogP contribution in [-0.2, 0) is 33.9 Å². The highest BCUT2D eigenvalue weighted by molar-refractivity contribution is 5.93. The molecule has 0 bridgehead atoms. The summed E-state index contributed by atoms with van der Waals surface area (Å²) >= 11 is 0. The zero-order valence-electron chi connectivity index (χ0n) is 20.3. The fourth-order valence-corrected chi connectivity index (χ4v) is 5.51. The highest BCUT2D eigenvalue weighted by Gasteiger charge is 2.43. The third-order valence-electron chi connectivity index (χ3n) is 7.19. The van der Waals surface area contributed by atoms with E-state index in [1.165, 1.54) is 0 Å². The molecule has 188 valence electrons. The van der Waals surface area contributed by atoms with Gasteiger partial charge in [-0.15, -0.1) is 10.2 Å². The van der Waals surface area contributed by atoms with E-state index in [-0.39, 0.29) is 42.5 Å². The van der Waals surface area contributed by atoms with Gasteiger partial charge < -0.3 is 15.2 Å². The number of carbonyl (C=O) groups is 3. The minimum atomic E-state index is -0.528. The number of nitrogens with one attached hydrogen (secondary N) is 3. The van der Waals surface area contributed by atoms with Crippen molar-refractivity contribution in [2.75, 3.05) is 0 Å². The van der Waals surface area contributed by atoms with E-state index in [9.17, 15) is 14.4 Å². The van der Waals surface area contributed by atoms with Crippen molar-refractivity contribution in [3.63, 3.8) is 0 Å². The van der Waals surface area contributed by atoms with Crippen LogP contribution in [0.3, 0.4) is 0 Å². The van der Waals surface area contributed by atoms with E-state index < -0.39 is 17.8 Å². The summed E-state index contributed by atoms with van der Waals surface area (Å²) in [6, 6.07) is 7.26. The van der Waals surface area contributed by atoms with Gasteiger partial charge >= 0.3 is 0 Å². The highest BCUT2D eigenvalue weighted by atomic mass is 16.2. The van der Waals surface area contributed by atoms with Gasteiger partial charge in [0.15, 0.2) is 5.82 Å². The van der Waals surface area contributed by atoms with E-state index in [2.05, 4.69) is 36.2 Å². The fourth-order valence-electron chi connectivity index (χ4n) is 5.51. The largest absolute Gasteiger partial charge is 0.352 e. The molecule has 36 heavy (non-hydrogen) atoms. The maximum atomic E-state index is 13.6. The predicted molar refractivity (Wildman–Crippen MR) is 128 cm³/mol. The Morgan fingerprint density at radius 3 is 2.83 bits per heavy atom. The van der Waals surface area contributed by atoms with Crippen LogP contribution < -0.4 is 10.6 Å². The number of pyridine rings is 1. The van der Waals surface area contributed by atoms with E-state index >= 15 is 0 Å². The normalized spacial score (nSPS) is 22.0. The molecule has 4 heterocycles. The lowest BCUT2D eigenvalue weighted by Crippen LogP contribution is -2.47. The number of aromatic amines is 1. The van der Waals surface area contributed by atoms with Crippen molar-refractivity contribution in [1.82, 2.24) is 40.8 Å². The second-order valence-corrected chi connectivity index (χ2v) is 9.90. The number of ketones is 1. The number of hydrogen-bond donors (Lipinski definition) is 3. The molecule has 0 fully saturated rings. The van der Waals surface area contributed by atoms with Crippen LogP contribution in [0.4, 0.5) is 0 Å². The Kier molecular flexibility index (Phi) is 6.62. The van der Waals surface area contributed by atoms with Gasteiger partial charge in [-0.1, -0.05) is 25.1 Å². The van der Waals surface area contributed by atoms with Crippen LogP contribution in [-0.4, -0.2) is 53.8 Å². The lowest BCUT2D eigenvalue weighted by Gasteiger charge is -2.33. The molecule has 5 rings (SSSR count). The van der Waals surface area contributed by atoms with Crippen molar-refractivity contribution >= 4 is 17.6 Å². The van der Waals surface area contributed by atoms with E-state index in [1.807, 2.05) is 48.9 Å². The number of aromatic nitrogens is 6. The summed E-state index contributed by atoms with van der Waals surface area (Å²) in [6.07, 6.45) is 5.17. The standard InChI is InChI=1S/C25H30N8O3/c1-14(2)21(17-5-3-4-9-26-17)25(36)28-18-7-6-15-8-10-33-13-16(11-19(34)22(18)23(15)33)24(35)27-12-20-29-31-32-30-20/h3-5,8-10,14,16,18,21-22H,6-7,11-13H2,1-2H3,(H,27,35)(H,28,36)(H,29,30,31,32)/t16-,18-,21+,22?/m0/s1. The molecule has 1 aliphatic carbocycles. The van der Waals surface area contributed by atoms with Crippen molar-refractivity contribution in [2.24, 2.45) is 11.8 Å². The van der Waals surface area contributed by atoms with E-state index in [0.717, 1.165) is 23.4 Å². The molecule has 3 aromatic heterocycles. The molecule has 2 amide bonds. The zero-order chi connectivity index (χ0) is 25.2. The summed E-state index contributed by atoms with van der Waals surface area (Å²) in [5, 5.41) is 19.5. The van der Waals surface area contributed by atoms with Gasteiger partial charge in [0.1, 0.15) is 5.78 Å². The monoisotopic (exact) mass is 490 g/mol. The molecule has 0 aromatic carbocycles. The van der Waals surface area contributed by atoms with Crippen LogP contribution >= 0.6 is 0 Å². The van der Waals surface area contributed by atoms with Crippen LogP contribution in [0.2, 0.25) is 0 Å². The summed E-state index contributed by atoms with van der Waals surface area (Å²) in [4.78, 5) is 44.5. The molecule has 0 saturated carbocycles. The first-order valence-electron chi connectivity index (χ1n) is 12.3. The third kappa shape index (κ3) is 4.65. The number of hydrogen-bond acceptors (Lipinski definition) is 7.